The SMILES string of the molecule is C=C(c1ccc(C[C@](NC(=O)c2ccc(F)c(C(F)(F)F)c2)(c2cc(F)cc(OC(F)(F)C(F)F)c2)c2ccc(F)c(C(F)(F)F)c2)cc1)N(C)C.COC(=O)[C@@H](Cc1c[nH]c2ccccc12)NC(=O)NC(Cc1ccccc1)(c1cccc(OC(F)(F)F)c1)c1cccc(OC(F)(F)F)c1.O=C(OCc1ccccc1)[C@@H]1CCCN1C(=O)NC(Cc1ccccc1)(c1cccc(OC(F)(F)F)c1)c1cccc(OC(F)(F)F)c1. The van der Waals surface area contributed by atoms with Crippen LogP contribution >= 0.6 is 0 Å². The number of aromatic nitrogens is 1. The Bertz CT molecular complexity index is 6730. The number of amides is 5. The predicted octanol–water partition coefficient (Wildman–Crippen LogP) is 25.2. The van der Waals surface area contributed by atoms with Crippen LogP contribution in [0.5, 0.6) is 28.7 Å². The molecule has 0 aliphatic carbocycles. The van der Waals surface area contributed by atoms with Crippen molar-refractivity contribution in [1.29, 1.82) is 0 Å². The van der Waals surface area contributed by atoms with Gasteiger partial charge in [-0.05, 0) is 177 Å². The lowest BCUT2D eigenvalue weighted by Gasteiger charge is -2.39. The number of carbonyl (C=O) groups excluding carboxylic acids is 5. The van der Waals surface area contributed by atoms with Crippen LogP contribution in [0.15, 0.2) is 304 Å². The Balaban J connectivity index is 0.000000198. The molecule has 0 bridgehead atoms. The smallest absolute Gasteiger partial charge is 0.467 e. The van der Waals surface area contributed by atoms with E-state index in [0.29, 0.717) is 64.7 Å². The number of aromatic amines is 1. The van der Waals surface area contributed by atoms with Gasteiger partial charge in [-0.25, -0.2) is 32.3 Å². The molecule has 19 nitrogen and oxygen atoms in total. The summed E-state index contributed by atoms with van der Waals surface area (Å²) in [6.07, 6.45) is -39.3. The molecule has 1 fully saturated rings. The maximum absolute atomic E-state index is 15.2. The van der Waals surface area contributed by atoms with Gasteiger partial charge < -0.3 is 69.2 Å². The topological polar surface area (TPSA) is 220 Å². The molecular formula is C105H84F25N7O12. The summed E-state index contributed by atoms with van der Waals surface area (Å²) in [6, 6.07) is 57.2. The number of hydrogen-bond donors (Lipinski definition) is 5. The molecule has 3 atom stereocenters. The number of ether oxygens (including phenoxy) is 7. The van der Waals surface area contributed by atoms with E-state index >= 15 is 4.39 Å². The second-order valence-electron chi connectivity index (χ2n) is 33.6. The van der Waals surface area contributed by atoms with Crippen molar-refractivity contribution in [3.8, 4) is 28.7 Å². The highest BCUT2D eigenvalue weighted by molar-refractivity contribution is 5.96. The second-order valence-corrected chi connectivity index (χ2v) is 33.6. The van der Waals surface area contributed by atoms with E-state index in [1.165, 1.54) is 77.7 Å². The first-order chi connectivity index (χ1) is 70.0. The molecule has 1 saturated heterocycles. The van der Waals surface area contributed by atoms with Gasteiger partial charge >= 0.3 is 74.3 Å². The molecule has 0 unspecified atom stereocenters. The van der Waals surface area contributed by atoms with Gasteiger partial charge in [0.05, 0.1) is 34.9 Å². The van der Waals surface area contributed by atoms with Crippen molar-refractivity contribution in [1.82, 2.24) is 36.1 Å². The zero-order chi connectivity index (χ0) is 109. The Morgan fingerprint density at radius 2 is 0.852 bits per heavy atom. The summed E-state index contributed by atoms with van der Waals surface area (Å²) in [7, 11) is 4.46. The van der Waals surface area contributed by atoms with Gasteiger partial charge in [0, 0.05) is 80.8 Å². The summed E-state index contributed by atoms with van der Waals surface area (Å²) in [5.74, 6) is -11.9. The van der Waals surface area contributed by atoms with Gasteiger partial charge in [0.15, 0.2) is 0 Å². The first kappa shape index (κ1) is 112. The van der Waals surface area contributed by atoms with Gasteiger partial charge in [0.2, 0.25) is 0 Å². The minimum absolute atomic E-state index is 0.0143. The van der Waals surface area contributed by atoms with E-state index < -0.39 is 189 Å². The number of rotatable bonds is 32. The van der Waals surface area contributed by atoms with Crippen LogP contribution in [0.4, 0.5) is 119 Å². The van der Waals surface area contributed by atoms with Gasteiger partial charge in [-0.15, -0.1) is 52.7 Å². The second kappa shape index (κ2) is 46.3. The molecule has 786 valence electrons. The number of nitrogens with zero attached hydrogens (tertiary/aromatic N) is 2. The zero-order valence-electron chi connectivity index (χ0n) is 77.6. The zero-order valence-corrected chi connectivity index (χ0v) is 77.6. The van der Waals surface area contributed by atoms with Crippen molar-refractivity contribution in [2.24, 2.45) is 0 Å². The Kier molecular flexibility index (Phi) is 34.7. The number of fused-ring (bicyclic) bond motifs is 1. The van der Waals surface area contributed by atoms with Crippen LogP contribution in [0.25, 0.3) is 16.6 Å². The quantitative estimate of drug-likeness (QED) is 0.0196. The molecule has 2 heterocycles. The number of alkyl halides is 22. The summed E-state index contributed by atoms with van der Waals surface area (Å²) >= 11 is 0. The number of carbonyl (C=O) groups is 5. The van der Waals surface area contributed by atoms with Crippen molar-refractivity contribution >= 4 is 46.5 Å². The van der Waals surface area contributed by atoms with Crippen molar-refractivity contribution in [2.45, 2.75) is 124 Å². The Morgan fingerprint density at radius 1 is 0.436 bits per heavy atom. The monoisotopic (exact) mass is 2110 g/mol. The van der Waals surface area contributed by atoms with E-state index in [2.05, 4.69) is 56.5 Å². The molecule has 44 heteroatoms. The molecule has 0 saturated carbocycles. The summed E-state index contributed by atoms with van der Waals surface area (Å²) < 4.78 is 371. The van der Waals surface area contributed by atoms with Gasteiger partial charge in [-0.3, -0.25) is 4.79 Å². The number of H-pyrrole nitrogens is 1. The summed E-state index contributed by atoms with van der Waals surface area (Å²) in [6.45, 7) is 4.00. The van der Waals surface area contributed by atoms with Crippen LogP contribution in [0.2, 0.25) is 0 Å². The molecule has 5 amide bonds. The Labute approximate surface area is 831 Å². The van der Waals surface area contributed by atoms with Crippen LogP contribution in [0.1, 0.15) is 101 Å². The molecule has 1 aliphatic rings. The van der Waals surface area contributed by atoms with Gasteiger partial charge in [-0.2, -0.15) is 43.9 Å². The Hall–Kier alpha value is -16.1. The average Bonchev–Trinajstić information content (AvgIpc) is 1.24. The van der Waals surface area contributed by atoms with Gasteiger partial charge in [0.25, 0.3) is 5.91 Å². The fourth-order valence-corrected chi connectivity index (χ4v) is 16.5. The molecule has 1 aliphatic heterocycles. The summed E-state index contributed by atoms with van der Waals surface area (Å²) in [4.78, 5) is 74.1. The maximum atomic E-state index is 15.2. The van der Waals surface area contributed by atoms with Crippen molar-refractivity contribution in [3.05, 3.63) is 405 Å². The van der Waals surface area contributed by atoms with E-state index in [0.717, 1.165) is 72.1 Å². The number of likely N-dealkylation sites (tertiary alicyclic amines) is 1. The number of benzene rings is 12. The maximum Gasteiger partial charge on any atom is 0.573 e. The number of urea groups is 2. The molecule has 12 aromatic carbocycles. The average molecular weight is 2110 g/mol. The van der Waals surface area contributed by atoms with Crippen LogP contribution in [0.3, 0.4) is 0 Å². The lowest BCUT2D eigenvalue weighted by Crippen LogP contribution is -2.55. The van der Waals surface area contributed by atoms with E-state index in [-0.39, 0.29) is 90.9 Å². The lowest BCUT2D eigenvalue weighted by molar-refractivity contribution is -0.275. The molecule has 0 radical (unpaired) electrons. The number of nitrogens with one attached hydrogen (secondary N) is 5. The number of halogens is 25. The van der Waals surface area contributed by atoms with Crippen molar-refractivity contribution < 1.29 is 167 Å². The number of esters is 2. The summed E-state index contributed by atoms with van der Waals surface area (Å²) in [5.41, 5.74) is -8.02. The van der Waals surface area contributed by atoms with E-state index in [9.17, 15) is 129 Å². The van der Waals surface area contributed by atoms with E-state index in [1.54, 1.807) is 116 Å². The normalized spacial score (nSPS) is 13.7. The molecule has 0 spiro atoms. The Morgan fingerprint density at radius 3 is 1.31 bits per heavy atom. The minimum atomic E-state index is -5.40. The highest BCUT2D eigenvalue weighted by atomic mass is 19.4. The highest BCUT2D eigenvalue weighted by Gasteiger charge is 2.50. The third kappa shape index (κ3) is 29.7. The van der Waals surface area contributed by atoms with Crippen molar-refractivity contribution in [2.75, 3.05) is 27.7 Å². The molecule has 5 N–H and O–H groups in total. The van der Waals surface area contributed by atoms with Crippen LogP contribution in [-0.2, 0) is 80.3 Å². The predicted molar refractivity (Wildman–Crippen MR) is 490 cm³/mol. The van der Waals surface area contributed by atoms with Crippen LogP contribution in [0, 0.1) is 17.5 Å². The van der Waals surface area contributed by atoms with Gasteiger partial charge in [0.1, 0.15) is 64.9 Å². The molecular weight excluding hydrogens is 2030 g/mol. The largest absolute Gasteiger partial charge is 0.573 e. The first-order valence-electron chi connectivity index (χ1n) is 44.2. The van der Waals surface area contributed by atoms with E-state index in [1.807, 2.05) is 24.3 Å². The standard InChI is InChI=1S/C35H25F13N2O2.C35H29F6N3O5.C35H30F6N2O5/c1-18(50(2)3)20-6-4-19(5-7-20)17-32(22-9-11-29(38)27(15-22)34(44,45)46,23-13-24(36)16-25(14-23)52-35(47,48)31(39)40)49-30(51)21-8-10-28(37)26(12-21)33(41,42)43;1-47-31(45)30(17-23-21-42-29-16-6-5-15-28(23)29)43-32(46)44-33(20-22-9-3-2-4-10-22,24-11-7-13-26(18-24)48-34(36,37)38)25-12-8-14-27(19-25)49-35(39,40)41;36-34(37,38)47-28-16-7-14-26(20-28)33(22-24-10-3-1-4-11-24,27-15-8-17-29(21-27)48-35(39,40)41)42-32(45)43-19-9-18-30(43)31(44)46-23-25-12-5-2-6-13-25/h4-16,31H,1,17H2,2-3H3,(H,49,51);2-16,18-19,21,30,42H,17,20H2,1H3,(H2,43,44,46);1-8,10-17,20-21,30H,9,18-19,22-23H2,(H,42,45)/t32-;2*30-/m110/s1. The molecule has 13 aromatic rings. The lowest BCUT2D eigenvalue weighted by atomic mass is 9.76. The molecule has 149 heavy (non-hydrogen) atoms. The number of hydrogen-bond acceptors (Lipinski definition) is 13. The minimum Gasteiger partial charge on any atom is -0.467 e. The van der Waals surface area contributed by atoms with Crippen LogP contribution in [-0.4, -0.2) is 123 Å². The van der Waals surface area contributed by atoms with Gasteiger partial charge in [-0.1, -0.05) is 195 Å². The first-order valence-corrected chi connectivity index (χ1v) is 44.2. The number of methoxy groups -OCH3 is 1. The molecule has 14 rings (SSSR count). The van der Waals surface area contributed by atoms with E-state index in [4.69, 9.17) is 9.47 Å². The number of para-hydroxylation sites is 1. The third-order valence-corrected chi connectivity index (χ3v) is 23.2. The highest BCUT2D eigenvalue weighted by Crippen LogP contribution is 2.46. The van der Waals surface area contributed by atoms with Crippen molar-refractivity contribution in [3.63, 3.8) is 0 Å². The fourth-order valence-electron chi connectivity index (χ4n) is 16.5. The fraction of sp³-hybridized carbons (Fsp3) is 0.229. The van der Waals surface area contributed by atoms with Crippen LogP contribution < -0.4 is 45.0 Å². The summed E-state index contributed by atoms with van der Waals surface area (Å²) in [5, 5.41) is 11.3. The third-order valence-electron chi connectivity index (χ3n) is 23.2. The molecule has 1 aromatic heterocycles.